The van der Waals surface area contributed by atoms with E-state index in [9.17, 15) is 4.79 Å². The average Bonchev–Trinajstić information content (AvgIpc) is 3.00. The normalized spacial score (nSPS) is 12.3. The number of nitrogens with one attached hydrogen (secondary N) is 1. The third kappa shape index (κ3) is 2.73. The van der Waals surface area contributed by atoms with E-state index in [2.05, 4.69) is 27.3 Å². The second-order valence-electron chi connectivity index (χ2n) is 3.90. The first-order valence-electron chi connectivity index (χ1n) is 5.79. The molecule has 2 aromatic rings. The van der Waals surface area contributed by atoms with E-state index in [1.54, 1.807) is 11.7 Å². The van der Waals surface area contributed by atoms with Crippen LogP contribution in [-0.2, 0) is 6.54 Å². The van der Waals surface area contributed by atoms with Crippen LogP contribution in [-0.4, -0.2) is 25.7 Å². The highest BCUT2D eigenvalue weighted by Crippen LogP contribution is 2.12. The number of amides is 1. The van der Waals surface area contributed by atoms with E-state index in [1.807, 2.05) is 11.6 Å². The number of rotatable bonds is 5. The minimum absolute atomic E-state index is 0.129. The zero-order chi connectivity index (χ0) is 13.0. The van der Waals surface area contributed by atoms with E-state index >= 15 is 0 Å². The van der Waals surface area contributed by atoms with E-state index in [4.69, 9.17) is 0 Å². The Balaban J connectivity index is 2.05. The molecule has 7 heteroatoms. The first kappa shape index (κ1) is 12.7. The predicted molar refractivity (Wildman–Crippen MR) is 68.3 cm³/mol. The second-order valence-corrected chi connectivity index (χ2v) is 4.79. The van der Waals surface area contributed by atoms with Gasteiger partial charge in [0.05, 0.1) is 17.7 Å². The molecule has 96 valence electrons. The van der Waals surface area contributed by atoms with Gasteiger partial charge in [-0.25, -0.2) is 9.67 Å². The summed E-state index contributed by atoms with van der Waals surface area (Å²) in [7, 11) is 0. The fraction of sp³-hybridized carbons (Fsp3) is 0.455. The van der Waals surface area contributed by atoms with Gasteiger partial charge < -0.3 is 5.32 Å². The lowest BCUT2D eigenvalue weighted by Gasteiger charge is -2.13. The van der Waals surface area contributed by atoms with Crippen LogP contribution in [0.4, 0.5) is 0 Å². The van der Waals surface area contributed by atoms with Crippen LogP contribution in [0.2, 0.25) is 0 Å². The number of carbonyl (C=O) groups is 1. The molecule has 2 aromatic heterocycles. The summed E-state index contributed by atoms with van der Waals surface area (Å²) in [6, 6.07) is -0.173. The summed E-state index contributed by atoms with van der Waals surface area (Å²) in [5.74, 6) is 0.644. The van der Waals surface area contributed by atoms with Gasteiger partial charge in [-0.1, -0.05) is 6.92 Å². The van der Waals surface area contributed by atoms with Crippen molar-refractivity contribution in [3.05, 3.63) is 28.7 Å². The van der Waals surface area contributed by atoms with Crippen molar-refractivity contribution in [1.29, 1.82) is 0 Å². The van der Waals surface area contributed by atoms with Crippen molar-refractivity contribution in [2.24, 2.45) is 0 Å². The summed E-state index contributed by atoms with van der Waals surface area (Å²) in [6.45, 7) is 4.78. The largest absolute Gasteiger partial charge is 0.342 e. The van der Waals surface area contributed by atoms with E-state index in [0.29, 0.717) is 4.88 Å². The molecule has 2 rings (SSSR count). The van der Waals surface area contributed by atoms with Crippen molar-refractivity contribution in [3.8, 4) is 0 Å². The van der Waals surface area contributed by atoms with E-state index in [0.717, 1.165) is 18.8 Å². The van der Waals surface area contributed by atoms with Crippen molar-refractivity contribution in [2.45, 2.75) is 32.9 Å². The van der Waals surface area contributed by atoms with Gasteiger partial charge in [-0.15, -0.1) is 11.3 Å². The standard InChI is InChI=1S/C11H15N5OS/c1-3-4-16-10(13-6-14-16)8(2)15-11(17)9-5-12-7-18-9/h5-8H,3-4H2,1-2H3,(H,15,17). The lowest BCUT2D eigenvalue weighted by Crippen LogP contribution is -2.28. The maximum absolute atomic E-state index is 11.9. The highest BCUT2D eigenvalue weighted by atomic mass is 32.1. The van der Waals surface area contributed by atoms with Crippen LogP contribution in [0.15, 0.2) is 18.0 Å². The van der Waals surface area contributed by atoms with E-state index in [1.165, 1.54) is 17.7 Å². The molecule has 6 nitrogen and oxygen atoms in total. The molecule has 1 atom stereocenters. The third-order valence-corrected chi connectivity index (χ3v) is 3.24. The molecule has 1 amide bonds. The van der Waals surface area contributed by atoms with Gasteiger partial charge in [-0.3, -0.25) is 9.78 Å². The Hall–Kier alpha value is -1.76. The molecule has 18 heavy (non-hydrogen) atoms. The Morgan fingerprint density at radius 3 is 3.11 bits per heavy atom. The van der Waals surface area contributed by atoms with E-state index < -0.39 is 0 Å². The summed E-state index contributed by atoms with van der Waals surface area (Å²) in [6.07, 6.45) is 4.05. The van der Waals surface area contributed by atoms with Crippen LogP contribution in [0.25, 0.3) is 0 Å². The van der Waals surface area contributed by atoms with Crippen molar-refractivity contribution >= 4 is 17.2 Å². The first-order valence-corrected chi connectivity index (χ1v) is 6.67. The van der Waals surface area contributed by atoms with E-state index in [-0.39, 0.29) is 11.9 Å². The number of nitrogens with zero attached hydrogens (tertiary/aromatic N) is 4. The molecule has 2 heterocycles. The molecule has 0 bridgehead atoms. The van der Waals surface area contributed by atoms with Gasteiger partial charge in [-0.05, 0) is 13.3 Å². The summed E-state index contributed by atoms with van der Waals surface area (Å²) in [5.41, 5.74) is 1.64. The van der Waals surface area contributed by atoms with Gasteiger partial charge in [0.2, 0.25) is 0 Å². The maximum atomic E-state index is 11.9. The van der Waals surface area contributed by atoms with Crippen molar-refractivity contribution in [2.75, 3.05) is 0 Å². The Morgan fingerprint density at radius 1 is 1.61 bits per heavy atom. The molecule has 0 radical (unpaired) electrons. The molecule has 0 aliphatic heterocycles. The fourth-order valence-corrected chi connectivity index (χ4v) is 2.18. The molecule has 0 saturated heterocycles. The van der Waals surface area contributed by atoms with Gasteiger partial charge >= 0.3 is 0 Å². The summed E-state index contributed by atoms with van der Waals surface area (Å²) < 4.78 is 1.82. The summed E-state index contributed by atoms with van der Waals surface area (Å²) in [5, 5.41) is 7.03. The van der Waals surface area contributed by atoms with Crippen LogP contribution in [0.1, 0.15) is 41.8 Å². The smallest absolute Gasteiger partial charge is 0.263 e. The Labute approximate surface area is 109 Å². The minimum atomic E-state index is -0.173. The zero-order valence-corrected chi connectivity index (χ0v) is 11.1. The molecule has 0 saturated carbocycles. The number of hydrogen-bond acceptors (Lipinski definition) is 5. The molecule has 0 aromatic carbocycles. The lowest BCUT2D eigenvalue weighted by atomic mass is 10.3. The maximum Gasteiger partial charge on any atom is 0.263 e. The van der Waals surface area contributed by atoms with Crippen LogP contribution in [0.3, 0.4) is 0 Å². The highest BCUT2D eigenvalue weighted by Gasteiger charge is 2.16. The van der Waals surface area contributed by atoms with Gasteiger partial charge in [0.15, 0.2) is 0 Å². The molecule has 1 unspecified atom stereocenters. The van der Waals surface area contributed by atoms with Gasteiger partial charge in [-0.2, -0.15) is 5.10 Å². The zero-order valence-electron chi connectivity index (χ0n) is 10.3. The molecule has 0 aliphatic carbocycles. The van der Waals surface area contributed by atoms with Gasteiger partial charge in [0.25, 0.3) is 5.91 Å². The van der Waals surface area contributed by atoms with Crippen LogP contribution >= 0.6 is 11.3 Å². The van der Waals surface area contributed by atoms with Crippen molar-refractivity contribution in [3.63, 3.8) is 0 Å². The summed E-state index contributed by atoms with van der Waals surface area (Å²) in [4.78, 5) is 20.6. The molecule has 0 spiro atoms. The number of hydrogen-bond donors (Lipinski definition) is 1. The number of aryl methyl sites for hydroxylation is 1. The SMILES string of the molecule is CCCn1ncnc1C(C)NC(=O)c1cncs1. The number of carbonyl (C=O) groups excluding carboxylic acids is 1. The second kappa shape index (κ2) is 5.72. The minimum Gasteiger partial charge on any atom is -0.342 e. The third-order valence-electron chi connectivity index (χ3n) is 2.47. The molecule has 0 aliphatic rings. The van der Waals surface area contributed by atoms with Crippen molar-refractivity contribution in [1.82, 2.24) is 25.1 Å². The average molecular weight is 265 g/mol. The predicted octanol–water partition coefficient (Wildman–Crippen LogP) is 1.64. The monoisotopic (exact) mass is 265 g/mol. The van der Waals surface area contributed by atoms with Crippen LogP contribution in [0, 0.1) is 0 Å². The van der Waals surface area contributed by atoms with Crippen molar-refractivity contribution < 1.29 is 4.79 Å². The van der Waals surface area contributed by atoms with Crippen LogP contribution in [0.5, 0.6) is 0 Å². The van der Waals surface area contributed by atoms with Gasteiger partial charge in [0, 0.05) is 6.54 Å². The molecular formula is C11H15N5OS. The Bertz CT molecular complexity index is 507. The van der Waals surface area contributed by atoms with Crippen LogP contribution < -0.4 is 5.32 Å². The quantitative estimate of drug-likeness (QED) is 0.892. The lowest BCUT2D eigenvalue weighted by molar-refractivity contribution is 0.0941. The molecule has 0 fully saturated rings. The number of aromatic nitrogens is 4. The Kier molecular flexibility index (Phi) is 4.03. The topological polar surface area (TPSA) is 72.7 Å². The highest BCUT2D eigenvalue weighted by molar-refractivity contribution is 7.11. The van der Waals surface area contributed by atoms with Gasteiger partial charge in [0.1, 0.15) is 17.0 Å². The summed E-state index contributed by atoms with van der Waals surface area (Å²) >= 11 is 1.32. The first-order chi connectivity index (χ1) is 8.72. The Morgan fingerprint density at radius 2 is 2.44 bits per heavy atom. The number of thiazole rings is 1. The molecule has 1 N–H and O–H groups in total. The molecular weight excluding hydrogens is 250 g/mol. The fourth-order valence-electron chi connectivity index (χ4n) is 1.65.